The minimum atomic E-state index is -4.22. The number of amides is 1. The monoisotopic (exact) mass is 369 g/mol. The fraction of sp³-hybridized carbons (Fsp3) is 0.300. The van der Waals surface area contributed by atoms with E-state index >= 15 is 0 Å². The number of alkyl halides is 3. The van der Waals surface area contributed by atoms with E-state index in [-0.39, 0.29) is 13.3 Å². The molecule has 1 N–H and O–H groups in total. The van der Waals surface area contributed by atoms with Gasteiger partial charge in [0.05, 0.1) is 5.56 Å². The maximum atomic E-state index is 12.0. The number of halogens is 3. The van der Waals surface area contributed by atoms with Crippen LogP contribution in [0, 0.1) is 20.8 Å². The largest absolute Gasteiger partial charge is 0.416 e. The lowest BCUT2D eigenvalue weighted by Crippen LogP contribution is -2.05. The maximum Gasteiger partial charge on any atom is 0.416 e. The smallest absolute Gasteiger partial charge is 0.326 e. The van der Waals surface area contributed by atoms with Gasteiger partial charge in [-0.25, -0.2) is 0 Å². The fourth-order valence-corrected chi connectivity index (χ4v) is 1.84. The third kappa shape index (κ3) is 9.61. The Morgan fingerprint density at radius 1 is 0.962 bits per heavy atom. The summed E-state index contributed by atoms with van der Waals surface area (Å²) >= 11 is 0. The molecule has 2 aromatic rings. The van der Waals surface area contributed by atoms with Crippen LogP contribution in [-0.4, -0.2) is 12.7 Å². The first-order valence-corrected chi connectivity index (χ1v) is 7.37. The van der Waals surface area contributed by atoms with Gasteiger partial charge in [0.15, 0.2) is 0 Å². The van der Waals surface area contributed by atoms with Crippen molar-refractivity contribution in [2.45, 2.75) is 41.3 Å². The van der Waals surface area contributed by atoms with Gasteiger partial charge in [-0.05, 0) is 50.1 Å². The van der Waals surface area contributed by atoms with E-state index in [0.717, 1.165) is 17.8 Å². The quantitative estimate of drug-likeness (QED) is 0.698. The van der Waals surface area contributed by atoms with Crippen LogP contribution in [0.2, 0.25) is 0 Å². The second-order valence-electron chi connectivity index (χ2n) is 5.35. The number of benzene rings is 2. The number of carbonyl (C=O) groups excluding carboxylic acids is 2. The molecule has 0 aliphatic carbocycles. The normalized spacial score (nSPS) is 9.50. The lowest BCUT2D eigenvalue weighted by Gasteiger charge is -2.05. The van der Waals surface area contributed by atoms with E-state index in [0.29, 0.717) is 5.56 Å². The number of rotatable bonds is 1. The molecule has 0 saturated carbocycles. The summed E-state index contributed by atoms with van der Waals surface area (Å²) in [4.78, 5) is 18.7. The Kier molecular flexibility index (Phi) is 11.7. The Labute approximate surface area is 153 Å². The molecule has 0 spiro atoms. The molecule has 0 aliphatic rings. The van der Waals surface area contributed by atoms with Crippen LogP contribution in [0.15, 0.2) is 42.5 Å². The molecule has 3 nitrogen and oxygen atoms in total. The molecule has 0 aromatic heterocycles. The number of hydrogen-bond donors (Lipinski definition) is 1. The second-order valence-corrected chi connectivity index (χ2v) is 5.35. The van der Waals surface area contributed by atoms with E-state index in [1.165, 1.54) is 24.1 Å². The zero-order valence-corrected chi connectivity index (χ0v) is 14.7. The highest BCUT2D eigenvalue weighted by Gasteiger charge is 2.29. The number of aryl methyl sites for hydroxylation is 3. The van der Waals surface area contributed by atoms with E-state index in [2.05, 4.69) is 5.32 Å². The highest BCUT2D eigenvalue weighted by Crippen LogP contribution is 2.29. The van der Waals surface area contributed by atoms with Crippen molar-refractivity contribution in [2.24, 2.45) is 0 Å². The van der Waals surface area contributed by atoms with Crippen molar-refractivity contribution in [3.05, 3.63) is 64.7 Å². The van der Waals surface area contributed by atoms with Gasteiger partial charge in [0.1, 0.15) is 6.79 Å². The Morgan fingerprint density at radius 2 is 1.54 bits per heavy atom. The first-order valence-electron chi connectivity index (χ1n) is 7.37. The summed E-state index contributed by atoms with van der Waals surface area (Å²) in [6.45, 7) is 9.22. The standard InChI is InChI=1S/C10H13NO.C8H7F3.CH2O.CH4/c1-7-4-5-10(6-8(7)2)11-9(3)12;1-6-3-2-4-7(5-6)8(9,10)11;1-2;/h4-6H,1-3H3,(H,11,12);2-5H,1H3;1H2;1H4. The van der Waals surface area contributed by atoms with E-state index in [9.17, 15) is 18.0 Å². The lowest BCUT2D eigenvalue weighted by atomic mass is 10.1. The molecule has 0 fully saturated rings. The van der Waals surface area contributed by atoms with Crippen LogP contribution < -0.4 is 5.32 Å². The van der Waals surface area contributed by atoms with Gasteiger partial charge in [-0.3, -0.25) is 4.79 Å². The van der Waals surface area contributed by atoms with Gasteiger partial charge < -0.3 is 10.1 Å². The minimum Gasteiger partial charge on any atom is -0.326 e. The molecule has 0 atom stereocenters. The van der Waals surface area contributed by atoms with Crippen LogP contribution in [0.3, 0.4) is 0 Å². The van der Waals surface area contributed by atoms with Gasteiger partial charge in [0.25, 0.3) is 0 Å². The first kappa shape index (κ1) is 25.6. The van der Waals surface area contributed by atoms with Crippen molar-refractivity contribution in [3.63, 3.8) is 0 Å². The summed E-state index contributed by atoms with van der Waals surface area (Å²) in [5, 5.41) is 2.73. The molecule has 1 amide bonds. The van der Waals surface area contributed by atoms with Crippen LogP contribution in [0.5, 0.6) is 0 Å². The van der Waals surface area contributed by atoms with Gasteiger partial charge >= 0.3 is 6.18 Å². The Bertz CT molecular complexity index is 698. The van der Waals surface area contributed by atoms with Crippen molar-refractivity contribution >= 4 is 18.4 Å². The Morgan fingerprint density at radius 3 is 1.92 bits per heavy atom. The summed E-state index contributed by atoms with van der Waals surface area (Å²) in [6, 6.07) is 11.1. The molecule has 26 heavy (non-hydrogen) atoms. The molecule has 0 aliphatic heterocycles. The first-order chi connectivity index (χ1) is 11.6. The molecule has 144 valence electrons. The van der Waals surface area contributed by atoms with Gasteiger partial charge in [-0.1, -0.05) is 37.3 Å². The van der Waals surface area contributed by atoms with Gasteiger partial charge in [-0.15, -0.1) is 0 Å². The number of hydrogen-bond acceptors (Lipinski definition) is 2. The highest BCUT2D eigenvalue weighted by atomic mass is 19.4. The van der Waals surface area contributed by atoms with E-state index in [1.807, 2.05) is 38.8 Å². The van der Waals surface area contributed by atoms with Crippen LogP contribution in [0.1, 0.15) is 36.6 Å². The lowest BCUT2D eigenvalue weighted by molar-refractivity contribution is -0.137. The van der Waals surface area contributed by atoms with Crippen LogP contribution in [0.4, 0.5) is 18.9 Å². The number of anilines is 1. The van der Waals surface area contributed by atoms with Gasteiger partial charge in [0.2, 0.25) is 5.91 Å². The number of carbonyl (C=O) groups is 2. The summed E-state index contributed by atoms with van der Waals surface area (Å²) in [5.74, 6) is -0.0294. The van der Waals surface area contributed by atoms with Crippen molar-refractivity contribution in [2.75, 3.05) is 5.32 Å². The van der Waals surface area contributed by atoms with Crippen molar-refractivity contribution in [1.82, 2.24) is 0 Å². The third-order valence-corrected chi connectivity index (χ3v) is 3.17. The fourth-order valence-electron chi connectivity index (χ4n) is 1.84. The molecule has 0 saturated heterocycles. The van der Waals surface area contributed by atoms with Gasteiger partial charge in [-0.2, -0.15) is 13.2 Å². The molecule has 0 unspecified atom stereocenters. The SMILES string of the molecule is C.C=O.CC(=O)Nc1ccc(C)c(C)c1.Cc1cccc(C(F)(F)F)c1. The van der Waals surface area contributed by atoms with Crippen molar-refractivity contribution in [3.8, 4) is 0 Å². The third-order valence-electron chi connectivity index (χ3n) is 3.17. The molecule has 6 heteroatoms. The topological polar surface area (TPSA) is 46.2 Å². The highest BCUT2D eigenvalue weighted by molar-refractivity contribution is 5.88. The van der Waals surface area contributed by atoms with Crippen molar-refractivity contribution in [1.29, 1.82) is 0 Å². The van der Waals surface area contributed by atoms with Crippen LogP contribution in [0.25, 0.3) is 0 Å². The molecule has 2 aromatic carbocycles. The second kappa shape index (κ2) is 11.8. The molecular formula is C20H26F3NO2. The van der Waals surface area contributed by atoms with E-state index in [4.69, 9.17) is 4.79 Å². The van der Waals surface area contributed by atoms with E-state index in [1.54, 1.807) is 13.0 Å². The molecule has 2 rings (SSSR count). The zero-order chi connectivity index (χ0) is 19.6. The minimum absolute atomic E-state index is 0. The molecule has 0 bridgehead atoms. The maximum absolute atomic E-state index is 12.0. The number of nitrogens with one attached hydrogen (secondary N) is 1. The van der Waals surface area contributed by atoms with Crippen LogP contribution in [-0.2, 0) is 15.8 Å². The summed E-state index contributed by atoms with van der Waals surface area (Å²) < 4.78 is 35.9. The van der Waals surface area contributed by atoms with Crippen LogP contribution >= 0.6 is 0 Å². The van der Waals surface area contributed by atoms with E-state index < -0.39 is 11.7 Å². The Hall–Kier alpha value is -2.63. The zero-order valence-electron chi connectivity index (χ0n) is 14.7. The Balaban J connectivity index is 0. The van der Waals surface area contributed by atoms with Crippen molar-refractivity contribution < 1.29 is 22.8 Å². The summed E-state index contributed by atoms with van der Waals surface area (Å²) in [5.41, 5.74) is 3.34. The predicted molar refractivity (Wildman–Crippen MR) is 100 cm³/mol. The molecular weight excluding hydrogens is 343 g/mol. The molecule has 0 radical (unpaired) electrons. The average molecular weight is 369 g/mol. The summed E-state index contributed by atoms with van der Waals surface area (Å²) in [6.07, 6.45) is -4.22. The summed E-state index contributed by atoms with van der Waals surface area (Å²) in [7, 11) is 0. The average Bonchev–Trinajstić information content (AvgIpc) is 2.52. The molecule has 0 heterocycles. The predicted octanol–water partition coefficient (Wildman–Crippen LogP) is 5.73. The van der Waals surface area contributed by atoms with Gasteiger partial charge in [0, 0.05) is 12.6 Å².